The van der Waals surface area contributed by atoms with Crippen molar-refractivity contribution in [1.82, 2.24) is 0 Å². The minimum atomic E-state index is -0.851. The molecule has 1 N–H and O–H groups in total. The molecule has 1 aromatic rings. The van der Waals surface area contributed by atoms with E-state index in [1.54, 1.807) is 12.1 Å². The standard InChI is InChI=1S/C9H10O3/c10-8(6-3-4-6)9(11)7-2-1-5-12-7/h1-2,5-6,8,10H,3-4H2. The second-order valence-electron chi connectivity index (χ2n) is 3.12. The molecular formula is C9H10O3. The van der Waals surface area contributed by atoms with E-state index in [1.165, 1.54) is 6.26 Å². The molecule has 1 unspecified atom stereocenters. The molecule has 0 aromatic carbocycles. The molecule has 3 heteroatoms. The van der Waals surface area contributed by atoms with Crippen LogP contribution in [0.5, 0.6) is 0 Å². The Kier molecular flexibility index (Phi) is 1.73. The monoisotopic (exact) mass is 166 g/mol. The fourth-order valence-electron chi connectivity index (χ4n) is 1.19. The number of aliphatic hydroxyl groups excluding tert-OH is 1. The number of ketones is 1. The summed E-state index contributed by atoms with van der Waals surface area (Å²) in [7, 11) is 0. The zero-order valence-electron chi connectivity index (χ0n) is 6.56. The molecule has 12 heavy (non-hydrogen) atoms. The molecule has 2 rings (SSSR count). The van der Waals surface area contributed by atoms with Gasteiger partial charge in [-0.3, -0.25) is 4.79 Å². The number of carbonyl (C=O) groups excluding carboxylic acids is 1. The van der Waals surface area contributed by atoms with Crippen molar-refractivity contribution in [3.05, 3.63) is 24.2 Å². The van der Waals surface area contributed by atoms with Gasteiger partial charge in [-0.2, -0.15) is 0 Å². The molecule has 64 valence electrons. The first-order valence-electron chi connectivity index (χ1n) is 4.05. The SMILES string of the molecule is O=C(c1ccco1)C(O)C1CC1. The molecule has 1 atom stereocenters. The molecule has 1 fully saturated rings. The molecule has 1 saturated carbocycles. The highest BCUT2D eigenvalue weighted by Gasteiger charge is 2.35. The van der Waals surface area contributed by atoms with E-state index in [0.717, 1.165) is 12.8 Å². The highest BCUT2D eigenvalue weighted by atomic mass is 16.3. The molecule has 0 bridgehead atoms. The Hall–Kier alpha value is -1.09. The summed E-state index contributed by atoms with van der Waals surface area (Å²) >= 11 is 0. The predicted molar refractivity (Wildman–Crippen MR) is 41.8 cm³/mol. The lowest BCUT2D eigenvalue weighted by Gasteiger charge is -2.03. The van der Waals surface area contributed by atoms with Gasteiger partial charge >= 0.3 is 0 Å². The molecule has 0 spiro atoms. The first kappa shape index (κ1) is 7.55. The summed E-state index contributed by atoms with van der Waals surface area (Å²) in [5, 5.41) is 9.42. The number of carbonyl (C=O) groups is 1. The van der Waals surface area contributed by atoms with Gasteiger partial charge in [0.2, 0.25) is 5.78 Å². The molecule has 0 saturated heterocycles. The summed E-state index contributed by atoms with van der Waals surface area (Å²) in [6.45, 7) is 0. The number of furan rings is 1. The molecule has 1 aliphatic carbocycles. The quantitative estimate of drug-likeness (QED) is 0.687. The van der Waals surface area contributed by atoms with Crippen LogP contribution < -0.4 is 0 Å². The van der Waals surface area contributed by atoms with Gasteiger partial charge in [-0.1, -0.05) is 0 Å². The van der Waals surface area contributed by atoms with Gasteiger partial charge in [0.1, 0.15) is 6.10 Å². The normalized spacial score (nSPS) is 19.1. The van der Waals surface area contributed by atoms with E-state index in [2.05, 4.69) is 0 Å². The third kappa shape index (κ3) is 1.28. The van der Waals surface area contributed by atoms with Crippen LogP contribution in [0.15, 0.2) is 22.8 Å². The highest BCUT2D eigenvalue weighted by Crippen LogP contribution is 2.33. The van der Waals surface area contributed by atoms with Crippen LogP contribution in [-0.4, -0.2) is 17.0 Å². The van der Waals surface area contributed by atoms with Crippen LogP contribution in [0.2, 0.25) is 0 Å². The average Bonchev–Trinajstić information content (AvgIpc) is 2.79. The van der Waals surface area contributed by atoms with Crippen molar-refractivity contribution >= 4 is 5.78 Å². The van der Waals surface area contributed by atoms with Crippen LogP contribution >= 0.6 is 0 Å². The minimum absolute atomic E-state index is 0.169. The number of hydrogen-bond donors (Lipinski definition) is 1. The third-order valence-electron chi connectivity index (χ3n) is 2.10. The Morgan fingerprint density at radius 2 is 2.42 bits per heavy atom. The summed E-state index contributed by atoms with van der Waals surface area (Å²) in [6, 6.07) is 3.22. The molecule has 1 aliphatic rings. The van der Waals surface area contributed by atoms with E-state index in [0.29, 0.717) is 0 Å². The summed E-state index contributed by atoms with van der Waals surface area (Å²) in [5.74, 6) is 0.138. The topological polar surface area (TPSA) is 50.4 Å². The van der Waals surface area contributed by atoms with Crippen molar-refractivity contribution < 1.29 is 14.3 Å². The largest absolute Gasteiger partial charge is 0.461 e. The van der Waals surface area contributed by atoms with Gasteiger partial charge in [0.15, 0.2) is 5.76 Å². The summed E-state index contributed by atoms with van der Waals surface area (Å²) < 4.78 is 4.88. The summed E-state index contributed by atoms with van der Waals surface area (Å²) in [4.78, 5) is 11.3. The van der Waals surface area contributed by atoms with Crippen LogP contribution in [0.4, 0.5) is 0 Å². The molecular weight excluding hydrogens is 156 g/mol. The van der Waals surface area contributed by atoms with Gasteiger partial charge in [0.25, 0.3) is 0 Å². The molecule has 0 amide bonds. The van der Waals surface area contributed by atoms with E-state index < -0.39 is 6.10 Å². The van der Waals surface area contributed by atoms with Crippen LogP contribution in [0, 0.1) is 5.92 Å². The Bertz CT molecular complexity index is 272. The lowest BCUT2D eigenvalue weighted by Crippen LogP contribution is -2.21. The third-order valence-corrected chi connectivity index (χ3v) is 2.10. The molecule has 3 nitrogen and oxygen atoms in total. The Balaban J connectivity index is 2.09. The van der Waals surface area contributed by atoms with E-state index in [-0.39, 0.29) is 17.5 Å². The number of hydrogen-bond acceptors (Lipinski definition) is 3. The van der Waals surface area contributed by atoms with Crippen molar-refractivity contribution in [2.75, 3.05) is 0 Å². The zero-order valence-corrected chi connectivity index (χ0v) is 6.56. The van der Waals surface area contributed by atoms with Crippen molar-refractivity contribution in [2.45, 2.75) is 18.9 Å². The van der Waals surface area contributed by atoms with Crippen LogP contribution in [0.1, 0.15) is 23.4 Å². The van der Waals surface area contributed by atoms with E-state index in [1.807, 2.05) is 0 Å². The van der Waals surface area contributed by atoms with Crippen molar-refractivity contribution in [1.29, 1.82) is 0 Å². The Labute approximate surface area is 70.0 Å². The molecule has 0 aliphatic heterocycles. The minimum Gasteiger partial charge on any atom is -0.461 e. The molecule has 0 radical (unpaired) electrons. The molecule has 1 aromatic heterocycles. The fraction of sp³-hybridized carbons (Fsp3) is 0.444. The first-order chi connectivity index (χ1) is 5.79. The lowest BCUT2D eigenvalue weighted by molar-refractivity contribution is 0.0674. The van der Waals surface area contributed by atoms with Gasteiger partial charge in [-0.05, 0) is 30.9 Å². The number of aliphatic hydroxyl groups is 1. The van der Waals surface area contributed by atoms with Crippen LogP contribution in [0.3, 0.4) is 0 Å². The van der Waals surface area contributed by atoms with Crippen LogP contribution in [0.25, 0.3) is 0 Å². The van der Waals surface area contributed by atoms with E-state index >= 15 is 0 Å². The van der Waals surface area contributed by atoms with Gasteiger partial charge in [0, 0.05) is 0 Å². The fourth-order valence-corrected chi connectivity index (χ4v) is 1.19. The Morgan fingerprint density at radius 3 is 2.92 bits per heavy atom. The number of rotatable bonds is 3. The number of Topliss-reactive ketones (excluding diaryl/α,β-unsaturated/α-hetero) is 1. The molecule has 1 heterocycles. The van der Waals surface area contributed by atoms with Crippen LogP contribution in [-0.2, 0) is 0 Å². The first-order valence-corrected chi connectivity index (χ1v) is 4.05. The Morgan fingerprint density at radius 1 is 1.67 bits per heavy atom. The lowest BCUT2D eigenvalue weighted by atomic mass is 10.1. The maximum atomic E-state index is 11.3. The second-order valence-corrected chi connectivity index (χ2v) is 3.12. The second kappa shape index (κ2) is 2.75. The maximum absolute atomic E-state index is 11.3. The predicted octanol–water partition coefficient (Wildman–Crippen LogP) is 1.23. The van der Waals surface area contributed by atoms with Gasteiger partial charge in [-0.15, -0.1) is 0 Å². The maximum Gasteiger partial charge on any atom is 0.226 e. The highest BCUT2D eigenvalue weighted by molar-refractivity contribution is 5.97. The van der Waals surface area contributed by atoms with E-state index in [4.69, 9.17) is 4.42 Å². The van der Waals surface area contributed by atoms with E-state index in [9.17, 15) is 9.90 Å². The van der Waals surface area contributed by atoms with Crippen molar-refractivity contribution in [3.63, 3.8) is 0 Å². The van der Waals surface area contributed by atoms with Crippen molar-refractivity contribution in [3.8, 4) is 0 Å². The van der Waals surface area contributed by atoms with Gasteiger partial charge in [0.05, 0.1) is 6.26 Å². The summed E-state index contributed by atoms with van der Waals surface area (Å²) in [6.07, 6.45) is 2.49. The summed E-state index contributed by atoms with van der Waals surface area (Å²) in [5.41, 5.74) is 0. The van der Waals surface area contributed by atoms with Gasteiger partial charge < -0.3 is 9.52 Å². The smallest absolute Gasteiger partial charge is 0.226 e. The van der Waals surface area contributed by atoms with Crippen molar-refractivity contribution in [2.24, 2.45) is 5.92 Å². The van der Waals surface area contributed by atoms with Gasteiger partial charge in [-0.25, -0.2) is 0 Å². The average molecular weight is 166 g/mol. The zero-order chi connectivity index (χ0) is 8.55.